The van der Waals surface area contributed by atoms with Crippen molar-refractivity contribution < 1.29 is 9.90 Å². The zero-order chi connectivity index (χ0) is 11.5. The first-order valence-electron chi connectivity index (χ1n) is 4.57. The van der Waals surface area contributed by atoms with E-state index >= 15 is 0 Å². The summed E-state index contributed by atoms with van der Waals surface area (Å²) in [6.07, 6.45) is 1.61. The Balaban J connectivity index is 2.43. The largest absolute Gasteiger partial charge is 0.480 e. The van der Waals surface area contributed by atoms with Crippen LogP contribution in [0.3, 0.4) is 0 Å². The third-order valence-corrected chi connectivity index (χ3v) is 3.80. The normalized spacial score (nSPS) is 12.3. The van der Waals surface area contributed by atoms with Crippen molar-refractivity contribution in [3.63, 3.8) is 0 Å². The van der Waals surface area contributed by atoms with Gasteiger partial charge in [-0.05, 0) is 40.2 Å². The summed E-state index contributed by atoms with van der Waals surface area (Å²) in [5.74, 6) is -1.56. The van der Waals surface area contributed by atoms with Gasteiger partial charge in [0.15, 0.2) is 0 Å². The number of aliphatic carboxylic acids is 1. The molecule has 0 fully saturated rings. The molecule has 0 saturated carbocycles. The SMILES string of the molecule is O=C(O)C(c1ccccn1)c1ccc(Br)s1. The van der Waals surface area contributed by atoms with Crippen molar-refractivity contribution in [2.24, 2.45) is 0 Å². The molecule has 0 bridgehead atoms. The average molecular weight is 298 g/mol. The number of aromatic nitrogens is 1. The standard InChI is InChI=1S/C11H8BrNO2S/c12-9-5-4-8(16-9)10(11(14)15)7-3-1-2-6-13-7/h1-6,10H,(H,14,15). The van der Waals surface area contributed by atoms with Crippen LogP contribution in [0.15, 0.2) is 40.3 Å². The van der Waals surface area contributed by atoms with E-state index in [4.69, 9.17) is 0 Å². The maximum atomic E-state index is 11.3. The number of rotatable bonds is 3. The molecule has 0 radical (unpaired) electrons. The van der Waals surface area contributed by atoms with Crippen LogP contribution in [0.5, 0.6) is 0 Å². The highest BCUT2D eigenvalue weighted by atomic mass is 79.9. The molecule has 2 aromatic heterocycles. The van der Waals surface area contributed by atoms with E-state index in [1.807, 2.05) is 12.1 Å². The van der Waals surface area contributed by atoms with Crippen molar-refractivity contribution in [2.75, 3.05) is 0 Å². The van der Waals surface area contributed by atoms with Gasteiger partial charge in [-0.3, -0.25) is 9.78 Å². The van der Waals surface area contributed by atoms with E-state index in [1.165, 1.54) is 11.3 Å². The summed E-state index contributed by atoms with van der Waals surface area (Å²) in [6.45, 7) is 0. The third kappa shape index (κ3) is 2.31. The summed E-state index contributed by atoms with van der Waals surface area (Å²) >= 11 is 4.74. The molecular formula is C11H8BrNO2S. The molecule has 0 saturated heterocycles. The van der Waals surface area contributed by atoms with Crippen molar-refractivity contribution in [1.29, 1.82) is 0 Å². The third-order valence-electron chi connectivity index (χ3n) is 2.11. The molecule has 0 aliphatic rings. The predicted molar refractivity (Wildman–Crippen MR) is 65.7 cm³/mol. The molecule has 16 heavy (non-hydrogen) atoms. The molecule has 1 atom stereocenters. The van der Waals surface area contributed by atoms with E-state index in [2.05, 4.69) is 20.9 Å². The topological polar surface area (TPSA) is 50.2 Å². The summed E-state index contributed by atoms with van der Waals surface area (Å²) in [7, 11) is 0. The van der Waals surface area contributed by atoms with Crippen molar-refractivity contribution in [3.05, 3.63) is 50.9 Å². The Morgan fingerprint density at radius 2 is 2.19 bits per heavy atom. The number of hydrogen-bond donors (Lipinski definition) is 1. The van der Waals surface area contributed by atoms with E-state index in [-0.39, 0.29) is 0 Å². The lowest BCUT2D eigenvalue weighted by atomic mass is 10.0. The van der Waals surface area contributed by atoms with Gasteiger partial charge in [0, 0.05) is 11.1 Å². The Bertz CT molecular complexity index is 498. The zero-order valence-electron chi connectivity index (χ0n) is 8.13. The molecule has 2 heterocycles. The van der Waals surface area contributed by atoms with Crippen LogP contribution in [0.2, 0.25) is 0 Å². The van der Waals surface area contributed by atoms with E-state index in [0.29, 0.717) is 5.69 Å². The van der Waals surface area contributed by atoms with Gasteiger partial charge in [0.25, 0.3) is 0 Å². The first-order valence-corrected chi connectivity index (χ1v) is 6.18. The van der Waals surface area contributed by atoms with Crippen LogP contribution in [0.4, 0.5) is 0 Å². The summed E-state index contributed by atoms with van der Waals surface area (Å²) in [6, 6.07) is 8.95. The van der Waals surface area contributed by atoms with Gasteiger partial charge < -0.3 is 5.11 Å². The van der Waals surface area contributed by atoms with Gasteiger partial charge in [0.2, 0.25) is 0 Å². The lowest BCUT2D eigenvalue weighted by Gasteiger charge is -2.08. The molecule has 3 nitrogen and oxygen atoms in total. The highest BCUT2D eigenvalue weighted by molar-refractivity contribution is 9.11. The van der Waals surface area contributed by atoms with Gasteiger partial charge in [0.1, 0.15) is 5.92 Å². The van der Waals surface area contributed by atoms with Gasteiger partial charge in [-0.1, -0.05) is 6.07 Å². The Morgan fingerprint density at radius 1 is 1.38 bits per heavy atom. The predicted octanol–water partition coefficient (Wildman–Crippen LogP) is 3.12. The van der Waals surface area contributed by atoms with Gasteiger partial charge >= 0.3 is 5.97 Å². The van der Waals surface area contributed by atoms with Crippen LogP contribution in [-0.4, -0.2) is 16.1 Å². The molecule has 0 amide bonds. The average Bonchev–Trinajstić information content (AvgIpc) is 2.66. The van der Waals surface area contributed by atoms with E-state index in [0.717, 1.165) is 8.66 Å². The summed E-state index contributed by atoms with van der Waals surface area (Å²) in [5.41, 5.74) is 0.560. The molecule has 0 aliphatic heterocycles. The molecule has 0 spiro atoms. The Labute approximate surface area is 105 Å². The summed E-state index contributed by atoms with van der Waals surface area (Å²) in [5, 5.41) is 9.24. The number of hydrogen-bond acceptors (Lipinski definition) is 3. The molecule has 0 aromatic carbocycles. The highest BCUT2D eigenvalue weighted by Crippen LogP contribution is 2.32. The van der Waals surface area contributed by atoms with E-state index < -0.39 is 11.9 Å². The fourth-order valence-corrected chi connectivity index (χ4v) is 2.95. The second-order valence-electron chi connectivity index (χ2n) is 3.17. The first-order chi connectivity index (χ1) is 7.68. The fourth-order valence-electron chi connectivity index (χ4n) is 1.42. The van der Waals surface area contributed by atoms with Crippen molar-refractivity contribution >= 4 is 33.2 Å². The minimum Gasteiger partial charge on any atom is -0.480 e. The highest BCUT2D eigenvalue weighted by Gasteiger charge is 2.24. The van der Waals surface area contributed by atoms with Crippen LogP contribution in [0, 0.1) is 0 Å². The number of carbonyl (C=O) groups is 1. The molecular weight excluding hydrogens is 290 g/mol. The summed E-state index contributed by atoms with van der Waals surface area (Å²) in [4.78, 5) is 16.1. The Hall–Kier alpha value is -1.20. The van der Waals surface area contributed by atoms with Crippen LogP contribution in [0.25, 0.3) is 0 Å². The minimum atomic E-state index is -0.881. The molecule has 2 rings (SSSR count). The fraction of sp³-hybridized carbons (Fsp3) is 0.0909. The number of halogens is 1. The first kappa shape index (κ1) is 11.3. The van der Waals surface area contributed by atoms with Gasteiger partial charge in [-0.2, -0.15) is 0 Å². The van der Waals surface area contributed by atoms with Crippen molar-refractivity contribution in [2.45, 2.75) is 5.92 Å². The van der Waals surface area contributed by atoms with Crippen molar-refractivity contribution in [1.82, 2.24) is 4.98 Å². The van der Waals surface area contributed by atoms with Crippen LogP contribution in [0.1, 0.15) is 16.5 Å². The molecule has 2 aromatic rings. The van der Waals surface area contributed by atoms with Crippen LogP contribution < -0.4 is 0 Å². The molecule has 1 unspecified atom stereocenters. The quantitative estimate of drug-likeness (QED) is 0.947. The Morgan fingerprint density at radius 3 is 2.69 bits per heavy atom. The second kappa shape index (κ2) is 4.76. The van der Waals surface area contributed by atoms with Gasteiger partial charge in [-0.15, -0.1) is 11.3 Å². The summed E-state index contributed by atoms with van der Waals surface area (Å²) < 4.78 is 0.921. The smallest absolute Gasteiger partial charge is 0.317 e. The maximum absolute atomic E-state index is 11.3. The number of nitrogens with zero attached hydrogens (tertiary/aromatic N) is 1. The molecule has 0 aliphatic carbocycles. The van der Waals surface area contributed by atoms with Crippen LogP contribution >= 0.6 is 27.3 Å². The molecule has 5 heteroatoms. The van der Waals surface area contributed by atoms with E-state index in [9.17, 15) is 9.90 Å². The molecule has 1 N–H and O–H groups in total. The van der Waals surface area contributed by atoms with Gasteiger partial charge in [-0.25, -0.2) is 0 Å². The minimum absolute atomic E-state index is 0.560. The van der Waals surface area contributed by atoms with Crippen molar-refractivity contribution in [3.8, 4) is 0 Å². The number of pyridine rings is 1. The lowest BCUT2D eigenvalue weighted by Crippen LogP contribution is -2.12. The number of carboxylic acids is 1. The number of carboxylic acid groups (broad SMARTS) is 1. The van der Waals surface area contributed by atoms with Crippen LogP contribution in [-0.2, 0) is 4.79 Å². The maximum Gasteiger partial charge on any atom is 0.317 e. The lowest BCUT2D eigenvalue weighted by molar-refractivity contribution is -0.137. The van der Waals surface area contributed by atoms with E-state index in [1.54, 1.807) is 24.4 Å². The van der Waals surface area contributed by atoms with Gasteiger partial charge in [0.05, 0.1) is 9.48 Å². The number of thiophene rings is 1. The Kier molecular flexibility index (Phi) is 3.36. The monoisotopic (exact) mass is 297 g/mol. The second-order valence-corrected chi connectivity index (χ2v) is 5.66. The molecule has 82 valence electrons. The zero-order valence-corrected chi connectivity index (χ0v) is 10.5.